The van der Waals surface area contributed by atoms with Crippen LogP contribution in [0.15, 0.2) is 12.1 Å². The summed E-state index contributed by atoms with van der Waals surface area (Å²) in [6.45, 7) is 2.10. The van der Waals surface area contributed by atoms with Gasteiger partial charge in [-0.25, -0.2) is 9.78 Å². The maximum Gasteiger partial charge on any atom is 0.328 e. The first-order chi connectivity index (χ1) is 9.54. The third kappa shape index (κ3) is 2.60. The lowest BCUT2D eigenvalue weighted by molar-refractivity contribution is -0.147. The van der Waals surface area contributed by atoms with Gasteiger partial charge in [0, 0.05) is 6.54 Å². The largest absolute Gasteiger partial charge is 0.480 e. The number of morpholine rings is 1. The highest BCUT2D eigenvalue weighted by Crippen LogP contribution is 2.13. The molecule has 0 unspecified atom stereocenters. The molecule has 1 amide bonds. The van der Waals surface area contributed by atoms with Crippen molar-refractivity contribution >= 4 is 11.9 Å². The van der Waals surface area contributed by atoms with Crippen LogP contribution >= 0.6 is 0 Å². The van der Waals surface area contributed by atoms with Crippen LogP contribution in [0.2, 0.25) is 0 Å². The normalized spacial score (nSPS) is 18.4. The molecule has 20 heavy (non-hydrogen) atoms. The highest BCUT2D eigenvalue weighted by Gasteiger charge is 2.33. The molecule has 104 valence electrons. The maximum atomic E-state index is 12.3. The Hall–Kier alpha value is -2.46. The molecule has 0 spiro atoms. The summed E-state index contributed by atoms with van der Waals surface area (Å²) < 4.78 is 5.08. The zero-order valence-corrected chi connectivity index (χ0v) is 10.9. The van der Waals surface area contributed by atoms with E-state index in [1.807, 2.05) is 6.07 Å². The molecule has 1 aromatic heterocycles. The molecular formula is C13H13N3O4. The first-order valence-corrected chi connectivity index (χ1v) is 6.04. The SMILES string of the molecule is Cc1nc(C(=O)N2CCOC[C@H]2C(=O)O)ccc1C#N. The van der Waals surface area contributed by atoms with Crippen LogP contribution in [-0.2, 0) is 9.53 Å². The van der Waals surface area contributed by atoms with Gasteiger partial charge >= 0.3 is 5.97 Å². The Morgan fingerprint density at radius 1 is 1.55 bits per heavy atom. The number of carboxylic acids is 1. The van der Waals surface area contributed by atoms with E-state index in [-0.39, 0.29) is 18.8 Å². The number of hydrogen-bond donors (Lipinski definition) is 1. The molecule has 1 atom stereocenters. The second-order valence-corrected chi connectivity index (χ2v) is 4.37. The molecular weight excluding hydrogens is 262 g/mol. The lowest BCUT2D eigenvalue weighted by Crippen LogP contribution is -2.52. The summed E-state index contributed by atoms with van der Waals surface area (Å²) in [5.41, 5.74) is 0.964. The zero-order valence-electron chi connectivity index (χ0n) is 10.9. The molecule has 1 aliphatic rings. The Kier molecular flexibility index (Phi) is 3.96. The number of rotatable bonds is 2. The van der Waals surface area contributed by atoms with Gasteiger partial charge in [-0.1, -0.05) is 0 Å². The lowest BCUT2D eigenvalue weighted by Gasteiger charge is -2.32. The van der Waals surface area contributed by atoms with Crippen molar-refractivity contribution < 1.29 is 19.4 Å². The standard InChI is InChI=1S/C13H13N3O4/c1-8-9(6-14)2-3-10(15-8)12(17)16-4-5-20-7-11(16)13(18)19/h2-3,11H,4-5,7H2,1H3,(H,18,19)/t11-/m0/s1. The number of hydrogen-bond acceptors (Lipinski definition) is 5. The summed E-state index contributed by atoms with van der Waals surface area (Å²) in [4.78, 5) is 28.8. The Morgan fingerprint density at radius 3 is 2.90 bits per heavy atom. The number of aliphatic carboxylic acids is 1. The minimum absolute atomic E-state index is 0.0314. The fourth-order valence-corrected chi connectivity index (χ4v) is 2.00. The van der Waals surface area contributed by atoms with Gasteiger partial charge in [0.05, 0.1) is 24.5 Å². The van der Waals surface area contributed by atoms with Crippen LogP contribution in [0, 0.1) is 18.3 Å². The van der Waals surface area contributed by atoms with E-state index in [4.69, 9.17) is 15.1 Å². The number of nitriles is 1. The summed E-state index contributed by atoms with van der Waals surface area (Å²) in [5.74, 6) is -1.57. The van der Waals surface area contributed by atoms with Gasteiger partial charge in [0.1, 0.15) is 11.8 Å². The topological polar surface area (TPSA) is 104 Å². The number of carboxylic acid groups (broad SMARTS) is 1. The van der Waals surface area contributed by atoms with Crippen molar-refractivity contribution in [1.82, 2.24) is 9.88 Å². The molecule has 0 aromatic carbocycles. The fraction of sp³-hybridized carbons (Fsp3) is 0.385. The van der Waals surface area contributed by atoms with Crippen LogP contribution in [-0.4, -0.2) is 52.7 Å². The predicted molar refractivity (Wildman–Crippen MR) is 67.0 cm³/mol. The van der Waals surface area contributed by atoms with Crippen LogP contribution in [0.25, 0.3) is 0 Å². The Bertz CT molecular complexity index is 594. The molecule has 0 aliphatic carbocycles. The van der Waals surface area contributed by atoms with Crippen LogP contribution in [0.5, 0.6) is 0 Å². The zero-order chi connectivity index (χ0) is 14.7. The number of aromatic nitrogens is 1. The van der Waals surface area contributed by atoms with Crippen molar-refractivity contribution in [2.24, 2.45) is 0 Å². The molecule has 7 nitrogen and oxygen atoms in total. The van der Waals surface area contributed by atoms with Crippen molar-refractivity contribution in [3.63, 3.8) is 0 Å². The predicted octanol–water partition coefficient (Wildman–Crippen LogP) is 0.187. The summed E-state index contributed by atoms with van der Waals surface area (Å²) in [6, 6.07) is 3.90. The molecule has 1 saturated heterocycles. The lowest BCUT2D eigenvalue weighted by atomic mass is 10.1. The van der Waals surface area contributed by atoms with Crippen molar-refractivity contribution in [1.29, 1.82) is 5.26 Å². The molecule has 0 radical (unpaired) electrons. The second kappa shape index (κ2) is 5.67. The first kappa shape index (κ1) is 14.0. The van der Waals surface area contributed by atoms with Crippen molar-refractivity contribution in [2.45, 2.75) is 13.0 Å². The third-order valence-corrected chi connectivity index (χ3v) is 3.10. The van der Waals surface area contributed by atoms with Crippen molar-refractivity contribution in [3.8, 4) is 6.07 Å². The fourth-order valence-electron chi connectivity index (χ4n) is 2.00. The minimum Gasteiger partial charge on any atom is -0.480 e. The Morgan fingerprint density at radius 2 is 2.30 bits per heavy atom. The number of pyridine rings is 1. The highest BCUT2D eigenvalue weighted by molar-refractivity contribution is 5.95. The number of nitrogens with zero attached hydrogens (tertiary/aromatic N) is 3. The number of carbonyl (C=O) groups excluding carboxylic acids is 1. The summed E-state index contributed by atoms with van der Waals surface area (Å²) in [7, 11) is 0. The van der Waals surface area contributed by atoms with Crippen molar-refractivity contribution in [3.05, 3.63) is 29.1 Å². The summed E-state index contributed by atoms with van der Waals surface area (Å²) in [5, 5.41) is 17.9. The van der Waals surface area contributed by atoms with Crippen molar-refractivity contribution in [2.75, 3.05) is 19.8 Å². The number of carbonyl (C=O) groups is 2. The third-order valence-electron chi connectivity index (χ3n) is 3.10. The number of ether oxygens (including phenoxy) is 1. The first-order valence-electron chi connectivity index (χ1n) is 6.04. The van der Waals surface area contributed by atoms with Gasteiger partial charge in [-0.05, 0) is 19.1 Å². The molecule has 1 fully saturated rings. The molecule has 0 bridgehead atoms. The molecule has 1 aliphatic heterocycles. The minimum atomic E-state index is -1.11. The van der Waals surface area contributed by atoms with E-state index in [1.54, 1.807) is 6.92 Å². The summed E-state index contributed by atoms with van der Waals surface area (Å²) >= 11 is 0. The molecule has 0 saturated carbocycles. The number of amides is 1. The molecule has 1 aromatic rings. The summed E-state index contributed by atoms with van der Waals surface area (Å²) in [6.07, 6.45) is 0. The van der Waals surface area contributed by atoms with E-state index in [0.717, 1.165) is 0 Å². The van der Waals surface area contributed by atoms with Gasteiger partial charge in [-0.15, -0.1) is 0 Å². The number of aryl methyl sites for hydroxylation is 1. The monoisotopic (exact) mass is 275 g/mol. The quantitative estimate of drug-likeness (QED) is 0.826. The Balaban J connectivity index is 2.28. The smallest absolute Gasteiger partial charge is 0.328 e. The van der Waals surface area contributed by atoms with Gasteiger partial charge in [-0.3, -0.25) is 4.79 Å². The average Bonchev–Trinajstić information content (AvgIpc) is 2.46. The Labute approximate surface area is 115 Å². The van der Waals surface area contributed by atoms with Crippen LogP contribution in [0.1, 0.15) is 21.7 Å². The van der Waals surface area contributed by atoms with Gasteiger partial charge in [0.25, 0.3) is 5.91 Å². The van der Waals surface area contributed by atoms with Crippen LogP contribution < -0.4 is 0 Å². The van der Waals surface area contributed by atoms with Gasteiger partial charge in [0.15, 0.2) is 6.04 Å². The highest BCUT2D eigenvalue weighted by atomic mass is 16.5. The van der Waals surface area contributed by atoms with E-state index in [0.29, 0.717) is 17.9 Å². The van der Waals surface area contributed by atoms with Gasteiger partial charge < -0.3 is 14.7 Å². The second-order valence-electron chi connectivity index (χ2n) is 4.37. The molecule has 7 heteroatoms. The molecule has 1 N–H and O–H groups in total. The molecule has 2 rings (SSSR count). The van der Waals surface area contributed by atoms with Crippen LogP contribution in [0.4, 0.5) is 0 Å². The van der Waals surface area contributed by atoms with Gasteiger partial charge in [-0.2, -0.15) is 5.26 Å². The van der Waals surface area contributed by atoms with E-state index in [2.05, 4.69) is 4.98 Å². The van der Waals surface area contributed by atoms with Crippen LogP contribution in [0.3, 0.4) is 0 Å². The van der Waals surface area contributed by atoms with Gasteiger partial charge in [0.2, 0.25) is 0 Å². The van der Waals surface area contributed by atoms with E-state index < -0.39 is 17.9 Å². The maximum absolute atomic E-state index is 12.3. The van der Waals surface area contributed by atoms with E-state index >= 15 is 0 Å². The van der Waals surface area contributed by atoms with E-state index in [1.165, 1.54) is 17.0 Å². The van der Waals surface area contributed by atoms with E-state index in [9.17, 15) is 9.59 Å². The molecule has 2 heterocycles. The average molecular weight is 275 g/mol.